The number of ether oxygens (including phenoxy) is 1. The molecule has 1 aliphatic rings. The fraction of sp³-hybridized carbons (Fsp3) is 0.368. The molecule has 2 aromatic rings. The Morgan fingerprint density at radius 2 is 2.19 bits per heavy atom. The molecule has 0 radical (unpaired) electrons. The van der Waals surface area contributed by atoms with Crippen molar-refractivity contribution in [2.45, 2.75) is 25.4 Å². The lowest BCUT2D eigenvalue weighted by Crippen LogP contribution is -2.47. The van der Waals surface area contributed by atoms with E-state index in [1.807, 2.05) is 0 Å². The molecule has 2 heterocycles. The van der Waals surface area contributed by atoms with Gasteiger partial charge < -0.3 is 15.8 Å². The standard InChI is InChI=1S/C19H23N3O3S/c20-18(23)13-25-16-6-1-4-14(10-16)19(24)21-15-5-2-8-22(11-15)12-17-7-3-9-26-17/h1,3-4,6-7,9-10,15H,2,5,8,11-13H2,(H2,20,23)(H,21,24). The lowest BCUT2D eigenvalue weighted by atomic mass is 10.0. The largest absolute Gasteiger partial charge is 0.484 e. The van der Waals surface area contributed by atoms with Crippen molar-refractivity contribution in [2.75, 3.05) is 19.7 Å². The van der Waals surface area contributed by atoms with Gasteiger partial charge in [0.05, 0.1) is 0 Å². The van der Waals surface area contributed by atoms with Crippen LogP contribution in [0.3, 0.4) is 0 Å². The maximum absolute atomic E-state index is 12.6. The molecule has 1 atom stereocenters. The van der Waals surface area contributed by atoms with Crippen LogP contribution in [0.1, 0.15) is 28.1 Å². The Balaban J connectivity index is 1.55. The summed E-state index contributed by atoms with van der Waals surface area (Å²) in [6, 6.07) is 11.1. The van der Waals surface area contributed by atoms with Gasteiger partial charge in [0.15, 0.2) is 6.61 Å². The summed E-state index contributed by atoms with van der Waals surface area (Å²) < 4.78 is 5.26. The van der Waals surface area contributed by atoms with E-state index < -0.39 is 5.91 Å². The second-order valence-electron chi connectivity index (χ2n) is 6.41. The van der Waals surface area contributed by atoms with Crippen molar-refractivity contribution >= 4 is 23.2 Å². The van der Waals surface area contributed by atoms with Gasteiger partial charge in [-0.25, -0.2) is 0 Å². The molecule has 138 valence electrons. The average Bonchev–Trinajstić information content (AvgIpc) is 3.13. The van der Waals surface area contributed by atoms with Crippen LogP contribution < -0.4 is 15.8 Å². The number of carbonyl (C=O) groups is 2. The van der Waals surface area contributed by atoms with Crippen molar-refractivity contribution in [1.82, 2.24) is 10.2 Å². The van der Waals surface area contributed by atoms with Gasteiger partial charge in [0.2, 0.25) is 0 Å². The van der Waals surface area contributed by atoms with E-state index in [9.17, 15) is 9.59 Å². The minimum atomic E-state index is -0.548. The summed E-state index contributed by atoms with van der Waals surface area (Å²) in [6.07, 6.45) is 2.04. The summed E-state index contributed by atoms with van der Waals surface area (Å²) in [7, 11) is 0. The number of likely N-dealkylation sites (tertiary alicyclic amines) is 1. The van der Waals surface area contributed by atoms with Crippen molar-refractivity contribution in [3.05, 3.63) is 52.2 Å². The van der Waals surface area contributed by atoms with Crippen LogP contribution in [0.2, 0.25) is 0 Å². The number of carbonyl (C=O) groups excluding carboxylic acids is 2. The predicted molar refractivity (Wildman–Crippen MR) is 101 cm³/mol. The number of thiophene rings is 1. The van der Waals surface area contributed by atoms with Gasteiger partial charge in [0.1, 0.15) is 5.75 Å². The summed E-state index contributed by atoms with van der Waals surface area (Å²) in [5.74, 6) is -0.218. The lowest BCUT2D eigenvalue weighted by molar-refractivity contribution is -0.119. The molecule has 0 bridgehead atoms. The maximum Gasteiger partial charge on any atom is 0.255 e. The molecule has 0 saturated carbocycles. The van der Waals surface area contributed by atoms with Crippen LogP contribution in [0.5, 0.6) is 5.75 Å². The number of hydrogen-bond donors (Lipinski definition) is 2. The minimum Gasteiger partial charge on any atom is -0.484 e. The molecule has 1 saturated heterocycles. The molecule has 6 nitrogen and oxygen atoms in total. The molecule has 3 rings (SSSR count). The van der Waals surface area contributed by atoms with Gasteiger partial charge in [-0.2, -0.15) is 0 Å². The van der Waals surface area contributed by atoms with E-state index in [4.69, 9.17) is 10.5 Å². The number of rotatable bonds is 7. The third-order valence-electron chi connectivity index (χ3n) is 4.28. The third-order valence-corrected chi connectivity index (χ3v) is 5.14. The van der Waals surface area contributed by atoms with E-state index in [0.717, 1.165) is 32.5 Å². The van der Waals surface area contributed by atoms with Gasteiger partial charge in [-0.05, 0) is 49.0 Å². The summed E-state index contributed by atoms with van der Waals surface area (Å²) in [5.41, 5.74) is 5.59. The van der Waals surface area contributed by atoms with Gasteiger partial charge in [-0.15, -0.1) is 11.3 Å². The molecular weight excluding hydrogens is 350 g/mol. The highest BCUT2D eigenvalue weighted by atomic mass is 32.1. The summed E-state index contributed by atoms with van der Waals surface area (Å²) in [4.78, 5) is 27.1. The van der Waals surface area contributed by atoms with Gasteiger partial charge in [0.25, 0.3) is 11.8 Å². The summed E-state index contributed by atoms with van der Waals surface area (Å²) in [6.45, 7) is 2.63. The molecule has 26 heavy (non-hydrogen) atoms. The quantitative estimate of drug-likeness (QED) is 0.777. The van der Waals surface area contributed by atoms with Gasteiger partial charge >= 0.3 is 0 Å². The van der Waals surface area contributed by atoms with Crippen molar-refractivity contribution in [3.63, 3.8) is 0 Å². The Morgan fingerprint density at radius 1 is 1.31 bits per heavy atom. The first-order valence-corrected chi connectivity index (χ1v) is 9.55. The molecule has 1 fully saturated rings. The molecular formula is C19H23N3O3S. The van der Waals surface area contributed by atoms with E-state index in [1.165, 1.54) is 4.88 Å². The predicted octanol–water partition coefficient (Wildman–Crippen LogP) is 2.01. The maximum atomic E-state index is 12.6. The lowest BCUT2D eigenvalue weighted by Gasteiger charge is -2.32. The molecule has 1 aromatic heterocycles. The van der Waals surface area contributed by atoms with Crippen LogP contribution in [0.4, 0.5) is 0 Å². The zero-order valence-corrected chi connectivity index (χ0v) is 15.3. The Kier molecular flexibility index (Phi) is 6.25. The van der Waals surface area contributed by atoms with Crippen molar-refractivity contribution in [1.29, 1.82) is 0 Å². The number of nitrogens with zero attached hydrogens (tertiary/aromatic N) is 1. The molecule has 1 aromatic carbocycles. The number of nitrogens with two attached hydrogens (primary N) is 1. The molecule has 3 N–H and O–H groups in total. The first-order valence-electron chi connectivity index (χ1n) is 8.67. The highest BCUT2D eigenvalue weighted by Crippen LogP contribution is 2.18. The van der Waals surface area contributed by atoms with Gasteiger partial charge in [-0.3, -0.25) is 14.5 Å². The van der Waals surface area contributed by atoms with Crippen LogP contribution in [-0.4, -0.2) is 42.5 Å². The van der Waals surface area contributed by atoms with Gasteiger partial charge in [0, 0.05) is 29.6 Å². The zero-order valence-electron chi connectivity index (χ0n) is 14.5. The Labute approximate surface area is 156 Å². The van der Waals surface area contributed by atoms with Gasteiger partial charge in [-0.1, -0.05) is 12.1 Å². The first kappa shape index (κ1) is 18.4. The first-order chi connectivity index (χ1) is 12.6. The fourth-order valence-electron chi connectivity index (χ4n) is 3.09. The Morgan fingerprint density at radius 3 is 2.96 bits per heavy atom. The van der Waals surface area contributed by atoms with Crippen molar-refractivity contribution in [2.24, 2.45) is 5.73 Å². The van der Waals surface area contributed by atoms with E-state index in [1.54, 1.807) is 35.6 Å². The number of nitrogens with one attached hydrogen (secondary N) is 1. The smallest absolute Gasteiger partial charge is 0.255 e. The van der Waals surface area contributed by atoms with Crippen LogP contribution in [0, 0.1) is 0 Å². The van der Waals surface area contributed by atoms with Crippen molar-refractivity contribution < 1.29 is 14.3 Å². The fourth-order valence-corrected chi connectivity index (χ4v) is 3.84. The highest BCUT2D eigenvalue weighted by Gasteiger charge is 2.22. The Hall–Kier alpha value is -2.38. The number of hydrogen-bond acceptors (Lipinski definition) is 5. The van der Waals surface area contributed by atoms with Crippen LogP contribution in [0.25, 0.3) is 0 Å². The molecule has 0 spiro atoms. The molecule has 1 unspecified atom stereocenters. The SMILES string of the molecule is NC(=O)COc1cccc(C(=O)NC2CCCN(Cc3cccs3)C2)c1. The highest BCUT2D eigenvalue weighted by molar-refractivity contribution is 7.09. The molecule has 7 heteroatoms. The van der Waals surface area contributed by atoms with E-state index >= 15 is 0 Å². The number of primary amides is 1. The monoisotopic (exact) mass is 373 g/mol. The van der Waals surface area contributed by atoms with Crippen molar-refractivity contribution in [3.8, 4) is 5.75 Å². The van der Waals surface area contributed by atoms with E-state index in [0.29, 0.717) is 11.3 Å². The van der Waals surface area contributed by atoms with Crippen LogP contribution in [-0.2, 0) is 11.3 Å². The van der Waals surface area contributed by atoms with E-state index in [-0.39, 0.29) is 18.6 Å². The minimum absolute atomic E-state index is 0.127. The second kappa shape index (κ2) is 8.82. The third kappa shape index (κ3) is 5.31. The molecule has 0 aliphatic carbocycles. The van der Waals surface area contributed by atoms with Crippen LogP contribution in [0.15, 0.2) is 41.8 Å². The average molecular weight is 373 g/mol. The van der Waals surface area contributed by atoms with E-state index in [2.05, 4.69) is 27.7 Å². The zero-order chi connectivity index (χ0) is 18.4. The molecule has 2 amide bonds. The topological polar surface area (TPSA) is 84.7 Å². The number of amides is 2. The van der Waals surface area contributed by atoms with Crippen LogP contribution >= 0.6 is 11.3 Å². The number of piperidine rings is 1. The summed E-state index contributed by atoms with van der Waals surface area (Å²) >= 11 is 1.76. The second-order valence-corrected chi connectivity index (χ2v) is 7.44. The number of benzene rings is 1. The summed E-state index contributed by atoms with van der Waals surface area (Å²) in [5, 5.41) is 5.20. The Bertz CT molecular complexity index is 748. The normalized spacial score (nSPS) is 17.6. The molecule has 1 aliphatic heterocycles.